The molecule has 2 N–H and O–H groups in total. The van der Waals surface area contributed by atoms with Gasteiger partial charge in [0.1, 0.15) is 10.6 Å². The summed E-state index contributed by atoms with van der Waals surface area (Å²) in [5, 5.41) is 12.9. The highest BCUT2D eigenvalue weighted by Gasteiger charge is 2.19. The van der Waals surface area contributed by atoms with Gasteiger partial charge in [0, 0.05) is 6.54 Å². The number of anilines is 1. The van der Waals surface area contributed by atoms with Crippen molar-refractivity contribution in [2.75, 3.05) is 11.9 Å². The minimum Gasteiger partial charge on any atom is -0.478 e. The largest absolute Gasteiger partial charge is 0.478 e. The maximum Gasteiger partial charge on any atom is 0.340 e. The summed E-state index contributed by atoms with van der Waals surface area (Å²) in [7, 11) is 0. The van der Waals surface area contributed by atoms with Crippen molar-refractivity contribution < 1.29 is 9.90 Å². The minimum absolute atomic E-state index is 0.332. The summed E-state index contributed by atoms with van der Waals surface area (Å²) < 4.78 is 4.07. The second-order valence-corrected chi connectivity index (χ2v) is 5.06. The Hall–Kier alpha value is -1.10. The Kier molecular flexibility index (Phi) is 3.43. The first-order valence-electron chi connectivity index (χ1n) is 5.62. The monoisotopic (exact) mass is 240 g/mol. The van der Waals surface area contributed by atoms with Gasteiger partial charge in [0.25, 0.3) is 0 Å². The first kappa shape index (κ1) is 11.4. The molecule has 16 heavy (non-hydrogen) atoms. The Morgan fingerprint density at radius 3 is 2.94 bits per heavy atom. The molecule has 5 heteroatoms. The van der Waals surface area contributed by atoms with Gasteiger partial charge in [0.15, 0.2) is 0 Å². The third-order valence-electron chi connectivity index (χ3n) is 3.14. The molecular weight excluding hydrogens is 224 g/mol. The minimum atomic E-state index is -0.891. The SMILES string of the molecule is Cc1nsc(NCCC2CCC2)c1C(=O)O. The predicted molar refractivity (Wildman–Crippen MR) is 64.3 cm³/mol. The molecule has 1 aliphatic rings. The number of hydrogen-bond acceptors (Lipinski definition) is 4. The molecule has 1 heterocycles. The van der Waals surface area contributed by atoms with Gasteiger partial charge in [-0.05, 0) is 30.8 Å². The van der Waals surface area contributed by atoms with Crippen LogP contribution < -0.4 is 5.32 Å². The molecule has 2 rings (SSSR count). The number of nitrogens with one attached hydrogen (secondary N) is 1. The number of aromatic carboxylic acids is 1. The number of carboxylic acid groups (broad SMARTS) is 1. The molecule has 0 saturated heterocycles. The van der Waals surface area contributed by atoms with Gasteiger partial charge in [0.05, 0.1) is 5.69 Å². The van der Waals surface area contributed by atoms with Crippen LogP contribution in [0, 0.1) is 12.8 Å². The Morgan fingerprint density at radius 1 is 1.62 bits per heavy atom. The molecule has 1 saturated carbocycles. The molecular formula is C11H16N2O2S. The molecule has 0 aliphatic heterocycles. The number of carbonyl (C=O) groups is 1. The molecule has 1 aromatic heterocycles. The van der Waals surface area contributed by atoms with Crippen molar-refractivity contribution in [3.05, 3.63) is 11.3 Å². The summed E-state index contributed by atoms with van der Waals surface area (Å²) in [6, 6.07) is 0. The zero-order valence-electron chi connectivity index (χ0n) is 9.32. The van der Waals surface area contributed by atoms with E-state index >= 15 is 0 Å². The summed E-state index contributed by atoms with van der Waals surface area (Å²) in [4.78, 5) is 11.0. The maximum absolute atomic E-state index is 11.0. The van der Waals surface area contributed by atoms with E-state index in [1.165, 1.54) is 30.8 Å². The summed E-state index contributed by atoms with van der Waals surface area (Å²) in [6.45, 7) is 2.59. The highest BCUT2D eigenvalue weighted by Crippen LogP contribution is 2.30. The lowest BCUT2D eigenvalue weighted by Gasteiger charge is -2.25. The number of carboxylic acids is 1. The molecule has 0 atom stereocenters. The second-order valence-electron chi connectivity index (χ2n) is 4.29. The van der Waals surface area contributed by atoms with Crippen LogP contribution in [0.5, 0.6) is 0 Å². The highest BCUT2D eigenvalue weighted by molar-refractivity contribution is 7.10. The molecule has 0 amide bonds. The van der Waals surface area contributed by atoms with E-state index in [1.54, 1.807) is 6.92 Å². The lowest BCUT2D eigenvalue weighted by molar-refractivity contribution is 0.0697. The zero-order chi connectivity index (χ0) is 11.5. The maximum atomic E-state index is 11.0. The van der Waals surface area contributed by atoms with E-state index in [4.69, 9.17) is 5.11 Å². The smallest absolute Gasteiger partial charge is 0.340 e. The first-order valence-corrected chi connectivity index (χ1v) is 6.39. The number of aryl methyl sites for hydroxylation is 1. The molecule has 0 bridgehead atoms. The fourth-order valence-corrected chi connectivity index (χ4v) is 2.73. The van der Waals surface area contributed by atoms with Gasteiger partial charge in [-0.25, -0.2) is 4.79 Å². The number of nitrogens with zero attached hydrogens (tertiary/aromatic N) is 1. The van der Waals surface area contributed by atoms with Gasteiger partial charge >= 0.3 is 5.97 Å². The Bertz CT molecular complexity index is 385. The summed E-state index contributed by atoms with van der Waals surface area (Å²) in [5.74, 6) is -0.0489. The van der Waals surface area contributed by atoms with Crippen molar-refractivity contribution in [2.24, 2.45) is 5.92 Å². The molecule has 1 aromatic rings. The summed E-state index contributed by atoms with van der Waals surface area (Å²) in [5.41, 5.74) is 0.933. The van der Waals surface area contributed by atoms with Crippen molar-refractivity contribution in [1.82, 2.24) is 4.37 Å². The third kappa shape index (κ3) is 2.35. The lowest BCUT2D eigenvalue weighted by Crippen LogP contribution is -2.16. The van der Waals surface area contributed by atoms with Crippen LogP contribution in [0.4, 0.5) is 5.00 Å². The van der Waals surface area contributed by atoms with Crippen molar-refractivity contribution >= 4 is 22.5 Å². The number of hydrogen-bond donors (Lipinski definition) is 2. The highest BCUT2D eigenvalue weighted by atomic mass is 32.1. The van der Waals surface area contributed by atoms with E-state index in [2.05, 4.69) is 9.69 Å². The van der Waals surface area contributed by atoms with E-state index in [9.17, 15) is 4.79 Å². The van der Waals surface area contributed by atoms with Gasteiger partial charge in [0.2, 0.25) is 0 Å². The van der Waals surface area contributed by atoms with E-state index < -0.39 is 5.97 Å². The van der Waals surface area contributed by atoms with Crippen molar-refractivity contribution in [3.8, 4) is 0 Å². The van der Waals surface area contributed by atoms with E-state index in [0.717, 1.165) is 18.9 Å². The molecule has 0 aromatic carbocycles. The fraction of sp³-hybridized carbons (Fsp3) is 0.636. The Morgan fingerprint density at radius 2 is 2.38 bits per heavy atom. The second kappa shape index (κ2) is 4.82. The van der Waals surface area contributed by atoms with Gasteiger partial charge in [-0.3, -0.25) is 0 Å². The average Bonchev–Trinajstić information content (AvgIpc) is 2.51. The quantitative estimate of drug-likeness (QED) is 0.830. The van der Waals surface area contributed by atoms with Gasteiger partial charge in [-0.1, -0.05) is 19.3 Å². The summed E-state index contributed by atoms with van der Waals surface area (Å²) in [6.07, 6.45) is 5.14. The Labute approximate surface area is 98.9 Å². The van der Waals surface area contributed by atoms with Crippen LogP contribution in [0.25, 0.3) is 0 Å². The normalized spacial score (nSPS) is 15.8. The van der Waals surface area contributed by atoms with Crippen LogP contribution in [-0.4, -0.2) is 22.0 Å². The van der Waals surface area contributed by atoms with Gasteiger partial charge < -0.3 is 10.4 Å². The van der Waals surface area contributed by atoms with Crippen LogP contribution in [0.1, 0.15) is 41.7 Å². The number of rotatable bonds is 5. The molecule has 88 valence electrons. The van der Waals surface area contributed by atoms with E-state index in [0.29, 0.717) is 16.3 Å². The van der Waals surface area contributed by atoms with Crippen molar-refractivity contribution in [2.45, 2.75) is 32.6 Å². The van der Waals surface area contributed by atoms with Crippen LogP contribution in [0.3, 0.4) is 0 Å². The first-order chi connectivity index (χ1) is 7.68. The predicted octanol–water partition coefficient (Wildman–Crippen LogP) is 2.75. The van der Waals surface area contributed by atoms with Gasteiger partial charge in [-0.15, -0.1) is 0 Å². The number of aromatic nitrogens is 1. The van der Waals surface area contributed by atoms with Gasteiger partial charge in [-0.2, -0.15) is 4.37 Å². The van der Waals surface area contributed by atoms with Crippen molar-refractivity contribution in [3.63, 3.8) is 0 Å². The van der Waals surface area contributed by atoms with E-state index in [-0.39, 0.29) is 0 Å². The third-order valence-corrected chi connectivity index (χ3v) is 4.04. The standard InChI is InChI=1S/C11H16N2O2S/c1-7-9(11(14)15)10(16-13-7)12-6-5-8-3-2-4-8/h8,12H,2-6H2,1H3,(H,14,15). The molecule has 0 unspecified atom stereocenters. The van der Waals surface area contributed by atoms with E-state index in [1.807, 2.05) is 0 Å². The average molecular weight is 240 g/mol. The lowest BCUT2D eigenvalue weighted by atomic mass is 9.83. The van der Waals surface area contributed by atoms with Crippen LogP contribution in [-0.2, 0) is 0 Å². The molecule has 0 radical (unpaired) electrons. The molecule has 1 aliphatic carbocycles. The molecule has 0 spiro atoms. The molecule has 1 fully saturated rings. The zero-order valence-corrected chi connectivity index (χ0v) is 10.1. The topological polar surface area (TPSA) is 62.2 Å². The van der Waals surface area contributed by atoms with Crippen LogP contribution >= 0.6 is 11.5 Å². The van der Waals surface area contributed by atoms with Crippen LogP contribution in [0.2, 0.25) is 0 Å². The van der Waals surface area contributed by atoms with Crippen molar-refractivity contribution in [1.29, 1.82) is 0 Å². The molecule has 4 nitrogen and oxygen atoms in total. The fourth-order valence-electron chi connectivity index (χ4n) is 1.91. The summed E-state index contributed by atoms with van der Waals surface area (Å²) >= 11 is 1.24. The van der Waals surface area contributed by atoms with Crippen LogP contribution in [0.15, 0.2) is 0 Å². The Balaban J connectivity index is 1.90.